The van der Waals surface area contributed by atoms with Gasteiger partial charge in [0.05, 0.1) is 0 Å². The summed E-state index contributed by atoms with van der Waals surface area (Å²) < 4.78 is 0. The summed E-state index contributed by atoms with van der Waals surface area (Å²) in [5.74, 6) is 0. The highest BCUT2D eigenvalue weighted by Gasteiger charge is 2.44. The maximum Gasteiger partial charge on any atom is 0.244 e. The highest BCUT2D eigenvalue weighted by Crippen LogP contribution is 2.55. The maximum absolute atomic E-state index is 2.66. The summed E-state index contributed by atoms with van der Waals surface area (Å²) in [5, 5.41) is 5.91. The van der Waals surface area contributed by atoms with Gasteiger partial charge in [-0.3, -0.25) is 0 Å². The molecule has 0 N–H and O–H groups in total. The highest BCUT2D eigenvalue weighted by molar-refractivity contribution is 7.01. The average Bonchev–Trinajstić information content (AvgIpc) is 4.16. The van der Waals surface area contributed by atoms with Crippen molar-refractivity contribution in [2.24, 2.45) is 0 Å². The van der Waals surface area contributed by atoms with Crippen molar-refractivity contribution in [2.75, 3.05) is 0 Å². The van der Waals surface area contributed by atoms with E-state index in [9.17, 15) is 0 Å². The van der Waals surface area contributed by atoms with Crippen molar-refractivity contribution in [1.82, 2.24) is 0 Å². The first-order chi connectivity index (χ1) is 32.3. The number of rotatable bonds is 0. The number of hydrogen-bond donors (Lipinski definition) is 0. The molecule has 1 heteroatoms. The molecule has 0 saturated heterocycles. The number of benzene rings is 9. The van der Waals surface area contributed by atoms with Gasteiger partial charge in [-0.05, 0) is 171 Å². The lowest BCUT2D eigenvalue weighted by Crippen LogP contribution is -2.57. The first kappa shape index (κ1) is 42.5. The van der Waals surface area contributed by atoms with Gasteiger partial charge in [0.25, 0.3) is 0 Å². The maximum atomic E-state index is 2.66. The lowest BCUT2D eigenvalue weighted by molar-refractivity contribution is 1.26. The second kappa shape index (κ2) is 16.8. The average molecular weight is 841 g/mol. The van der Waals surface area contributed by atoms with E-state index in [1.807, 2.05) is 69.2 Å². The molecule has 0 radical (unpaired) electrons. The largest absolute Gasteiger partial charge is 0.244 e. The first-order valence-electron chi connectivity index (χ1n) is 25.1. The Bertz CT molecular complexity index is 3160. The molecule has 9 aromatic carbocycles. The molecule has 2 aliphatic heterocycles. The summed E-state index contributed by atoms with van der Waals surface area (Å²) in [5.41, 5.74) is 33.6. The van der Waals surface area contributed by atoms with Gasteiger partial charge in [0.15, 0.2) is 0 Å². The second-order valence-electron chi connectivity index (χ2n) is 16.9. The van der Waals surface area contributed by atoms with E-state index in [1.165, 1.54) is 149 Å². The molecule has 6 aliphatic rings. The van der Waals surface area contributed by atoms with E-state index < -0.39 is 0 Å². The van der Waals surface area contributed by atoms with Crippen LogP contribution in [0, 0.1) is 0 Å². The number of hydrogen-bond acceptors (Lipinski definition) is 0. The molecule has 65 heavy (non-hydrogen) atoms. The van der Waals surface area contributed by atoms with E-state index in [0.717, 1.165) is 25.7 Å². The highest BCUT2D eigenvalue weighted by atomic mass is 14.4. The van der Waals surface area contributed by atoms with Crippen molar-refractivity contribution < 1.29 is 0 Å². The van der Waals surface area contributed by atoms with Gasteiger partial charge in [-0.15, -0.1) is 0 Å². The molecular weight excluding hydrogens is 780 g/mol. The molecule has 4 aliphatic carbocycles. The molecule has 0 spiro atoms. The summed E-state index contributed by atoms with van der Waals surface area (Å²) in [7, 11) is 0. The molecule has 320 valence electrons. The quantitative estimate of drug-likeness (QED) is 0.133. The number of fused-ring (bicyclic) bond motifs is 20. The van der Waals surface area contributed by atoms with Crippen molar-refractivity contribution in [3.8, 4) is 66.8 Å². The Balaban J connectivity index is 0.000000470. The predicted molar refractivity (Wildman–Crippen MR) is 287 cm³/mol. The Morgan fingerprint density at radius 1 is 0.292 bits per heavy atom. The smallest absolute Gasteiger partial charge is 0.0683 e. The van der Waals surface area contributed by atoms with Gasteiger partial charge in [-0.25, -0.2) is 0 Å². The van der Waals surface area contributed by atoms with Crippen molar-refractivity contribution in [3.63, 3.8) is 0 Å². The minimum Gasteiger partial charge on any atom is -0.0683 e. The molecule has 0 fully saturated rings. The SMILES string of the molecule is CC.CC.CC.CC.CC.c1ccc2c(c1)Cc1c-2cc2c3c(c4c(cc13)Cc1ccccc1-4)-c1cccc3c1B2c1cc2c(c4cc5c(c-3c14)-c1ccccc1C5)Cc1ccccc1-2. The predicted octanol–water partition coefficient (Wildman–Crippen LogP) is 15.9. The fraction of sp³-hybridized carbons (Fsp3) is 0.219. The Morgan fingerprint density at radius 2 is 0.631 bits per heavy atom. The van der Waals surface area contributed by atoms with E-state index in [4.69, 9.17) is 0 Å². The Hall–Kier alpha value is -6.44. The van der Waals surface area contributed by atoms with Crippen molar-refractivity contribution in [3.05, 3.63) is 184 Å². The van der Waals surface area contributed by atoms with Crippen molar-refractivity contribution >= 4 is 44.6 Å². The monoisotopic (exact) mass is 840 g/mol. The van der Waals surface area contributed by atoms with Crippen molar-refractivity contribution in [2.45, 2.75) is 94.9 Å². The molecule has 2 heterocycles. The summed E-state index contributed by atoms with van der Waals surface area (Å²) >= 11 is 0. The van der Waals surface area contributed by atoms with E-state index in [1.54, 1.807) is 0 Å². The molecule has 0 saturated carbocycles. The standard InChI is InChI=1S/C54H31B.5C2H6/c1-5-14-34-30(12-1)22-40-42(34)26-46-50-44(40)24-32-20-28-10-3-7-16-36(28)48(32)52(50)38-18-9-19-39-53-49-33(21-29-11-4-8-17-37(29)49)25-45-41-23-31-13-2-6-15-35(31)43(41)27-47(51(45)53)55(46)54(38)39;5*1-2/h1-19,24-27H,20-23H2;5*1-2H3. The van der Waals surface area contributed by atoms with Crippen LogP contribution >= 0.6 is 0 Å². The lowest BCUT2D eigenvalue weighted by atomic mass is 9.30. The van der Waals surface area contributed by atoms with Gasteiger partial charge in [-0.1, -0.05) is 213 Å². The Kier molecular flexibility index (Phi) is 11.0. The van der Waals surface area contributed by atoms with Crippen LogP contribution in [0.3, 0.4) is 0 Å². The fourth-order valence-electron chi connectivity index (χ4n) is 12.5. The van der Waals surface area contributed by atoms with Gasteiger partial charge in [-0.2, -0.15) is 0 Å². The lowest BCUT2D eigenvalue weighted by Gasteiger charge is -2.37. The molecule has 0 bridgehead atoms. The van der Waals surface area contributed by atoms with Crippen LogP contribution in [0.15, 0.2) is 140 Å². The summed E-state index contributed by atoms with van der Waals surface area (Å²) in [4.78, 5) is 0. The van der Waals surface area contributed by atoms with Gasteiger partial charge in [0.1, 0.15) is 0 Å². The van der Waals surface area contributed by atoms with Crippen LogP contribution in [0.4, 0.5) is 0 Å². The van der Waals surface area contributed by atoms with Gasteiger partial charge in [0, 0.05) is 0 Å². The van der Waals surface area contributed by atoms with Crippen LogP contribution < -0.4 is 16.4 Å². The van der Waals surface area contributed by atoms with Crippen LogP contribution in [0.2, 0.25) is 0 Å². The van der Waals surface area contributed by atoms with Crippen LogP contribution in [-0.4, -0.2) is 6.71 Å². The Morgan fingerprint density at radius 3 is 1.03 bits per heavy atom. The zero-order valence-electron chi connectivity index (χ0n) is 40.2. The normalized spacial score (nSPS) is 12.8. The molecule has 0 nitrogen and oxygen atoms in total. The van der Waals surface area contributed by atoms with E-state index in [-0.39, 0.29) is 6.71 Å². The van der Waals surface area contributed by atoms with Crippen LogP contribution in [0.1, 0.15) is 114 Å². The minimum absolute atomic E-state index is 0.136. The molecule has 9 aromatic rings. The minimum atomic E-state index is 0.136. The second-order valence-corrected chi connectivity index (χ2v) is 16.9. The topological polar surface area (TPSA) is 0 Å². The summed E-state index contributed by atoms with van der Waals surface area (Å²) in [6, 6.07) is 54.7. The van der Waals surface area contributed by atoms with Gasteiger partial charge in [0.2, 0.25) is 6.71 Å². The van der Waals surface area contributed by atoms with E-state index >= 15 is 0 Å². The third-order valence-corrected chi connectivity index (χ3v) is 14.5. The zero-order chi connectivity index (χ0) is 45.3. The first-order valence-corrected chi connectivity index (χ1v) is 25.1. The third kappa shape index (κ3) is 5.77. The molecular formula is C64H61B. The van der Waals surface area contributed by atoms with Gasteiger partial charge < -0.3 is 0 Å². The van der Waals surface area contributed by atoms with Crippen LogP contribution in [-0.2, 0) is 25.7 Å². The molecule has 0 amide bonds. The molecule has 15 rings (SSSR count). The molecule has 0 atom stereocenters. The summed E-state index contributed by atoms with van der Waals surface area (Å²) in [6.07, 6.45) is 3.99. The van der Waals surface area contributed by atoms with Crippen LogP contribution in [0.5, 0.6) is 0 Å². The fourth-order valence-corrected chi connectivity index (χ4v) is 12.5. The van der Waals surface area contributed by atoms with Crippen molar-refractivity contribution in [1.29, 1.82) is 0 Å². The molecule has 0 aromatic heterocycles. The van der Waals surface area contributed by atoms with E-state index in [2.05, 4.69) is 140 Å². The van der Waals surface area contributed by atoms with Gasteiger partial charge >= 0.3 is 0 Å². The van der Waals surface area contributed by atoms with Crippen LogP contribution in [0.25, 0.3) is 88.3 Å². The molecule has 0 unspecified atom stereocenters. The zero-order valence-corrected chi connectivity index (χ0v) is 40.2. The Labute approximate surface area is 388 Å². The van der Waals surface area contributed by atoms with E-state index in [0.29, 0.717) is 0 Å². The third-order valence-electron chi connectivity index (χ3n) is 14.5. The summed E-state index contributed by atoms with van der Waals surface area (Å²) in [6.45, 7) is 20.1.